The number of rotatable bonds is 4. The Morgan fingerprint density at radius 2 is 2.10 bits per heavy atom. The second-order valence-corrected chi connectivity index (χ2v) is 5.06. The van der Waals surface area contributed by atoms with E-state index >= 15 is 0 Å². The van der Waals surface area contributed by atoms with Gasteiger partial charge in [0, 0.05) is 0 Å². The van der Waals surface area contributed by atoms with Crippen LogP contribution in [0.1, 0.15) is 15.2 Å². The molecule has 0 aliphatic heterocycles. The van der Waals surface area contributed by atoms with Crippen LogP contribution >= 0.6 is 23.6 Å². The minimum Gasteiger partial charge on any atom is -0.422 e. The van der Waals surface area contributed by atoms with Crippen LogP contribution in [-0.2, 0) is 0 Å². The summed E-state index contributed by atoms with van der Waals surface area (Å²) >= 11 is 5.95. The van der Waals surface area contributed by atoms with Crippen LogP contribution in [-0.4, -0.2) is 17.3 Å². The zero-order valence-electron chi connectivity index (χ0n) is 10.3. The van der Waals surface area contributed by atoms with E-state index in [1.165, 1.54) is 11.3 Å². The number of hydrogen-bond donors (Lipinski definition) is 2. The highest BCUT2D eigenvalue weighted by Crippen LogP contribution is 2.16. The summed E-state index contributed by atoms with van der Waals surface area (Å²) in [5.41, 5.74) is 8.51. The molecule has 0 amide bonds. The summed E-state index contributed by atoms with van der Waals surface area (Å²) in [4.78, 5) is 12.3. The molecule has 0 fully saturated rings. The van der Waals surface area contributed by atoms with Crippen LogP contribution in [0.2, 0.25) is 0 Å². The summed E-state index contributed by atoms with van der Waals surface area (Å²) in [7, 11) is 0. The van der Waals surface area contributed by atoms with Crippen LogP contribution in [0.25, 0.3) is 0 Å². The number of esters is 1. The summed E-state index contributed by atoms with van der Waals surface area (Å²) in [6.07, 6.45) is 1.56. The molecule has 3 N–H and O–H groups in total. The van der Waals surface area contributed by atoms with Crippen LogP contribution in [0.4, 0.5) is 0 Å². The van der Waals surface area contributed by atoms with E-state index in [9.17, 15) is 4.79 Å². The quantitative estimate of drug-likeness (QED) is 0.297. The minimum absolute atomic E-state index is 0.0998. The average Bonchev–Trinajstić information content (AvgIpc) is 2.94. The number of ether oxygens (including phenoxy) is 1. The molecule has 102 valence electrons. The fourth-order valence-corrected chi connectivity index (χ4v) is 2.00. The lowest BCUT2D eigenvalue weighted by molar-refractivity contribution is 0.0740. The Bertz CT molecular complexity index is 622. The molecule has 0 aliphatic rings. The van der Waals surface area contributed by atoms with Crippen molar-refractivity contribution in [1.29, 1.82) is 0 Å². The molecular formula is C13H11N3O2S2. The maximum absolute atomic E-state index is 11.7. The predicted molar refractivity (Wildman–Crippen MR) is 83.2 cm³/mol. The average molecular weight is 305 g/mol. The number of carbonyl (C=O) groups is 1. The van der Waals surface area contributed by atoms with Gasteiger partial charge in [-0.05, 0) is 53.5 Å². The van der Waals surface area contributed by atoms with Crippen molar-refractivity contribution in [3.8, 4) is 5.75 Å². The second-order valence-electron chi connectivity index (χ2n) is 3.67. The van der Waals surface area contributed by atoms with Gasteiger partial charge >= 0.3 is 5.97 Å². The van der Waals surface area contributed by atoms with E-state index in [4.69, 9.17) is 10.5 Å². The highest BCUT2D eigenvalue weighted by atomic mass is 32.1. The van der Waals surface area contributed by atoms with Gasteiger partial charge in [0.15, 0.2) is 5.11 Å². The van der Waals surface area contributed by atoms with E-state index < -0.39 is 0 Å². The third kappa shape index (κ3) is 4.15. The first kappa shape index (κ1) is 14.2. The van der Waals surface area contributed by atoms with E-state index in [0.29, 0.717) is 10.6 Å². The molecule has 2 rings (SSSR count). The van der Waals surface area contributed by atoms with Gasteiger partial charge in [0.1, 0.15) is 10.6 Å². The molecular weight excluding hydrogens is 294 g/mol. The molecule has 2 aromatic rings. The number of hydrazone groups is 1. The first-order chi connectivity index (χ1) is 9.65. The van der Waals surface area contributed by atoms with Crippen LogP contribution in [0.3, 0.4) is 0 Å². The largest absolute Gasteiger partial charge is 0.422 e. The maximum atomic E-state index is 11.7. The van der Waals surface area contributed by atoms with Crippen LogP contribution in [0.5, 0.6) is 5.75 Å². The normalized spacial score (nSPS) is 10.4. The fraction of sp³-hybridized carbons (Fsp3) is 0. The van der Waals surface area contributed by atoms with E-state index in [-0.39, 0.29) is 11.1 Å². The summed E-state index contributed by atoms with van der Waals surface area (Å²) in [6.45, 7) is 0. The first-order valence-electron chi connectivity index (χ1n) is 5.59. The van der Waals surface area contributed by atoms with Gasteiger partial charge in [-0.2, -0.15) is 5.10 Å². The van der Waals surface area contributed by atoms with Crippen molar-refractivity contribution < 1.29 is 9.53 Å². The second kappa shape index (κ2) is 6.78. The van der Waals surface area contributed by atoms with Crippen molar-refractivity contribution in [1.82, 2.24) is 5.43 Å². The smallest absolute Gasteiger partial charge is 0.353 e. The Labute approximate surface area is 125 Å². The summed E-state index contributed by atoms with van der Waals surface area (Å²) in [5, 5.41) is 5.75. The van der Waals surface area contributed by atoms with Gasteiger partial charge in [-0.15, -0.1) is 11.3 Å². The molecule has 0 aliphatic carbocycles. The molecule has 0 atom stereocenters. The van der Waals surface area contributed by atoms with Crippen molar-refractivity contribution >= 4 is 40.9 Å². The van der Waals surface area contributed by atoms with Gasteiger partial charge < -0.3 is 10.5 Å². The minimum atomic E-state index is -0.364. The lowest BCUT2D eigenvalue weighted by atomic mass is 10.2. The molecule has 0 saturated heterocycles. The Morgan fingerprint density at radius 1 is 1.35 bits per heavy atom. The number of thiophene rings is 1. The zero-order chi connectivity index (χ0) is 14.4. The first-order valence-corrected chi connectivity index (χ1v) is 6.88. The van der Waals surface area contributed by atoms with Gasteiger partial charge in [-0.3, -0.25) is 5.43 Å². The monoisotopic (exact) mass is 305 g/mol. The summed E-state index contributed by atoms with van der Waals surface area (Å²) < 4.78 is 5.23. The summed E-state index contributed by atoms with van der Waals surface area (Å²) in [5.74, 6) is 0.111. The topological polar surface area (TPSA) is 76.7 Å². The Morgan fingerprint density at radius 3 is 2.70 bits per heavy atom. The van der Waals surface area contributed by atoms with Crippen LogP contribution < -0.4 is 15.9 Å². The Balaban J connectivity index is 1.96. The number of nitrogens with two attached hydrogens (primary N) is 1. The number of thiocarbonyl (C=S) groups is 1. The van der Waals surface area contributed by atoms with E-state index in [0.717, 1.165) is 5.56 Å². The van der Waals surface area contributed by atoms with Crippen molar-refractivity contribution in [2.45, 2.75) is 0 Å². The molecule has 0 saturated carbocycles. The van der Waals surface area contributed by atoms with Crippen LogP contribution in [0.15, 0.2) is 46.9 Å². The van der Waals surface area contributed by atoms with Crippen LogP contribution in [0, 0.1) is 0 Å². The lowest BCUT2D eigenvalue weighted by Gasteiger charge is -2.02. The van der Waals surface area contributed by atoms with Gasteiger partial charge in [0.25, 0.3) is 0 Å². The zero-order valence-corrected chi connectivity index (χ0v) is 11.9. The molecule has 1 heterocycles. The van der Waals surface area contributed by atoms with E-state index in [2.05, 4.69) is 22.7 Å². The standard InChI is InChI=1S/C13H11N3O2S2/c14-13(19)16-15-8-9-3-5-10(6-4-9)18-12(17)11-2-1-7-20-11/h1-8H,(H3,14,16,19)/b15-8-. The fourth-order valence-electron chi connectivity index (χ4n) is 1.34. The number of carbonyl (C=O) groups excluding carboxylic acids is 1. The number of hydrogen-bond acceptors (Lipinski definition) is 5. The van der Waals surface area contributed by atoms with Gasteiger partial charge in [-0.1, -0.05) is 6.07 Å². The third-order valence-corrected chi connectivity index (χ3v) is 3.14. The molecule has 5 nitrogen and oxygen atoms in total. The molecule has 0 radical (unpaired) electrons. The number of nitrogens with zero attached hydrogens (tertiary/aromatic N) is 1. The highest BCUT2D eigenvalue weighted by Gasteiger charge is 2.08. The number of benzene rings is 1. The molecule has 0 spiro atoms. The van der Waals surface area contributed by atoms with Gasteiger partial charge in [-0.25, -0.2) is 4.79 Å². The van der Waals surface area contributed by atoms with Crippen molar-refractivity contribution in [3.05, 3.63) is 52.2 Å². The molecule has 1 aromatic carbocycles. The molecule has 20 heavy (non-hydrogen) atoms. The summed E-state index contributed by atoms with van der Waals surface area (Å²) in [6, 6.07) is 10.4. The highest BCUT2D eigenvalue weighted by molar-refractivity contribution is 7.80. The van der Waals surface area contributed by atoms with Gasteiger partial charge in [0.2, 0.25) is 0 Å². The third-order valence-electron chi connectivity index (χ3n) is 2.20. The van der Waals surface area contributed by atoms with E-state index in [1.54, 1.807) is 42.6 Å². The lowest BCUT2D eigenvalue weighted by Crippen LogP contribution is -2.23. The van der Waals surface area contributed by atoms with Crippen molar-refractivity contribution in [3.63, 3.8) is 0 Å². The maximum Gasteiger partial charge on any atom is 0.353 e. The van der Waals surface area contributed by atoms with Gasteiger partial charge in [0.05, 0.1) is 6.21 Å². The number of nitrogens with one attached hydrogen (secondary N) is 1. The molecule has 0 bridgehead atoms. The molecule has 1 aromatic heterocycles. The molecule has 7 heteroatoms. The SMILES string of the molecule is NC(=S)N/N=C\c1ccc(OC(=O)c2cccs2)cc1. The van der Waals surface area contributed by atoms with Crippen molar-refractivity contribution in [2.75, 3.05) is 0 Å². The molecule has 0 unspecified atom stereocenters. The Kier molecular flexibility index (Phi) is 4.80. The Hall–Kier alpha value is -2.25. The van der Waals surface area contributed by atoms with Crippen molar-refractivity contribution in [2.24, 2.45) is 10.8 Å². The predicted octanol–water partition coefficient (Wildman–Crippen LogP) is 2.13. The van der Waals surface area contributed by atoms with E-state index in [1.807, 2.05) is 5.38 Å².